The summed E-state index contributed by atoms with van der Waals surface area (Å²) < 4.78 is 0. The molecule has 3 N–H and O–H groups in total. The quantitative estimate of drug-likeness (QED) is 0.640. The van der Waals surface area contributed by atoms with E-state index >= 15 is 0 Å². The molecule has 17 heavy (non-hydrogen) atoms. The first-order chi connectivity index (χ1) is 7.56. The van der Waals surface area contributed by atoms with E-state index in [2.05, 4.69) is 0 Å². The van der Waals surface area contributed by atoms with Crippen molar-refractivity contribution in [3.63, 3.8) is 0 Å². The van der Waals surface area contributed by atoms with E-state index in [0.29, 0.717) is 18.4 Å². The van der Waals surface area contributed by atoms with Gasteiger partial charge in [-0.05, 0) is 24.5 Å². The van der Waals surface area contributed by atoms with Gasteiger partial charge in [-0.3, -0.25) is 10.1 Å². The number of benzene rings is 1. The van der Waals surface area contributed by atoms with Crippen molar-refractivity contribution in [1.82, 2.24) is 0 Å². The van der Waals surface area contributed by atoms with E-state index in [1.54, 1.807) is 6.07 Å². The van der Waals surface area contributed by atoms with Crippen molar-refractivity contribution in [1.29, 1.82) is 0 Å². The summed E-state index contributed by atoms with van der Waals surface area (Å²) in [6.45, 7) is 0.0589. The van der Waals surface area contributed by atoms with Crippen LogP contribution in [0.25, 0.3) is 0 Å². The molecule has 0 aromatic heterocycles. The molecule has 1 aromatic rings. The van der Waals surface area contributed by atoms with E-state index in [1.807, 2.05) is 0 Å². The minimum atomic E-state index is -0.537. The number of nitrogens with zero attached hydrogens (tertiary/aromatic N) is 1. The van der Waals surface area contributed by atoms with Crippen molar-refractivity contribution in [2.75, 3.05) is 6.61 Å². The third-order valence-corrected chi connectivity index (χ3v) is 2.59. The van der Waals surface area contributed by atoms with Crippen LogP contribution in [0.5, 0.6) is 0 Å². The largest absolute Gasteiger partial charge is 0.396 e. The number of halogens is 2. The van der Waals surface area contributed by atoms with Crippen molar-refractivity contribution in [3.8, 4) is 0 Å². The first kappa shape index (κ1) is 16.1. The summed E-state index contributed by atoms with van der Waals surface area (Å²) >= 11 is 5.68. The Kier molecular flexibility index (Phi) is 7.06. The smallest absolute Gasteiger partial charge is 0.288 e. The van der Waals surface area contributed by atoms with Crippen LogP contribution in [0.3, 0.4) is 0 Å². The Morgan fingerprint density at radius 1 is 1.53 bits per heavy atom. The maximum absolute atomic E-state index is 10.7. The summed E-state index contributed by atoms with van der Waals surface area (Å²) in [6, 6.07) is 4.19. The second-order valence-corrected chi connectivity index (χ2v) is 3.85. The van der Waals surface area contributed by atoms with E-state index < -0.39 is 4.92 Å². The van der Waals surface area contributed by atoms with E-state index in [0.717, 1.165) is 0 Å². The minimum Gasteiger partial charge on any atom is -0.396 e. The maximum atomic E-state index is 10.7. The normalized spacial score (nSPS) is 11.7. The first-order valence-corrected chi connectivity index (χ1v) is 5.24. The standard InChI is InChI=1S/C10H13ClN2O3.ClH/c11-8-4-3-7(6-10(8)13(15)16)9(12)2-1-5-14;/h3-4,6,9,14H,1-2,5,12H2;1H/t9-;/m1./s1. The van der Waals surface area contributed by atoms with Crippen LogP contribution in [-0.2, 0) is 0 Å². The molecule has 7 heteroatoms. The van der Waals surface area contributed by atoms with Gasteiger partial charge in [0.2, 0.25) is 0 Å². The summed E-state index contributed by atoms with van der Waals surface area (Å²) in [5, 5.41) is 19.4. The van der Waals surface area contributed by atoms with Gasteiger partial charge in [-0.15, -0.1) is 12.4 Å². The molecule has 0 unspecified atom stereocenters. The van der Waals surface area contributed by atoms with Crippen molar-refractivity contribution in [2.45, 2.75) is 18.9 Å². The highest BCUT2D eigenvalue weighted by Crippen LogP contribution is 2.28. The van der Waals surface area contributed by atoms with Crippen LogP contribution in [0, 0.1) is 10.1 Å². The fourth-order valence-electron chi connectivity index (χ4n) is 1.38. The lowest BCUT2D eigenvalue weighted by atomic mass is 10.0. The molecule has 96 valence electrons. The number of aliphatic hydroxyl groups is 1. The van der Waals surface area contributed by atoms with E-state index in [-0.39, 0.29) is 35.8 Å². The van der Waals surface area contributed by atoms with Gasteiger partial charge in [-0.2, -0.15) is 0 Å². The fraction of sp³-hybridized carbons (Fsp3) is 0.400. The molecule has 0 fully saturated rings. The SMILES string of the molecule is Cl.N[C@H](CCCO)c1ccc(Cl)c([N+](=O)[O-])c1. The third-order valence-electron chi connectivity index (χ3n) is 2.27. The van der Waals surface area contributed by atoms with Crippen LogP contribution in [0.1, 0.15) is 24.4 Å². The number of nitrogens with two attached hydrogens (primary N) is 1. The second kappa shape index (κ2) is 7.45. The Balaban J connectivity index is 0.00000256. The molecule has 1 aromatic carbocycles. The first-order valence-electron chi connectivity index (χ1n) is 4.86. The zero-order chi connectivity index (χ0) is 12.1. The topological polar surface area (TPSA) is 89.4 Å². The fourth-order valence-corrected chi connectivity index (χ4v) is 1.56. The van der Waals surface area contributed by atoms with Gasteiger partial charge in [-0.1, -0.05) is 17.7 Å². The Hall–Kier alpha value is -0.880. The number of nitro groups is 1. The summed E-state index contributed by atoms with van der Waals surface area (Å²) in [7, 11) is 0. The Bertz CT molecular complexity index is 388. The van der Waals surface area contributed by atoms with Crippen molar-refractivity contribution in [2.24, 2.45) is 5.73 Å². The van der Waals surface area contributed by atoms with E-state index in [1.165, 1.54) is 12.1 Å². The molecule has 1 rings (SSSR count). The molecule has 0 radical (unpaired) electrons. The molecule has 0 saturated carbocycles. The van der Waals surface area contributed by atoms with E-state index in [9.17, 15) is 10.1 Å². The molecular formula is C10H14Cl2N2O3. The van der Waals surface area contributed by atoms with Crippen LogP contribution in [0.2, 0.25) is 5.02 Å². The summed E-state index contributed by atoms with van der Waals surface area (Å²) in [5.41, 5.74) is 6.34. The maximum Gasteiger partial charge on any atom is 0.288 e. The zero-order valence-electron chi connectivity index (χ0n) is 9.01. The summed E-state index contributed by atoms with van der Waals surface area (Å²) in [4.78, 5) is 10.1. The summed E-state index contributed by atoms with van der Waals surface area (Å²) in [6.07, 6.45) is 1.15. The predicted molar refractivity (Wildman–Crippen MR) is 68.6 cm³/mol. The van der Waals surface area contributed by atoms with Gasteiger partial charge in [0.05, 0.1) is 4.92 Å². The lowest BCUT2D eigenvalue weighted by Crippen LogP contribution is -2.11. The van der Waals surface area contributed by atoms with Gasteiger partial charge in [0.15, 0.2) is 0 Å². The van der Waals surface area contributed by atoms with Crippen LogP contribution in [0.15, 0.2) is 18.2 Å². The van der Waals surface area contributed by atoms with Crippen LogP contribution >= 0.6 is 24.0 Å². The predicted octanol–water partition coefficient (Wildman–Crippen LogP) is 2.44. The van der Waals surface area contributed by atoms with Crippen LogP contribution in [-0.4, -0.2) is 16.6 Å². The number of hydrogen-bond donors (Lipinski definition) is 2. The Morgan fingerprint density at radius 2 is 2.18 bits per heavy atom. The average molecular weight is 281 g/mol. The molecular weight excluding hydrogens is 267 g/mol. The monoisotopic (exact) mass is 280 g/mol. The van der Waals surface area contributed by atoms with Gasteiger partial charge in [-0.25, -0.2) is 0 Å². The van der Waals surface area contributed by atoms with Gasteiger partial charge in [0, 0.05) is 18.7 Å². The highest BCUT2D eigenvalue weighted by molar-refractivity contribution is 6.32. The molecule has 0 aliphatic heterocycles. The molecule has 0 saturated heterocycles. The molecule has 5 nitrogen and oxygen atoms in total. The number of nitro benzene ring substituents is 1. The van der Waals surface area contributed by atoms with Crippen molar-refractivity contribution < 1.29 is 10.0 Å². The number of aliphatic hydroxyl groups excluding tert-OH is 1. The number of rotatable bonds is 5. The Morgan fingerprint density at radius 3 is 2.71 bits per heavy atom. The third kappa shape index (κ3) is 4.47. The zero-order valence-corrected chi connectivity index (χ0v) is 10.6. The summed E-state index contributed by atoms with van der Waals surface area (Å²) in [5.74, 6) is 0. The molecule has 0 amide bonds. The molecule has 0 aliphatic carbocycles. The molecule has 0 heterocycles. The second-order valence-electron chi connectivity index (χ2n) is 3.44. The highest BCUT2D eigenvalue weighted by Gasteiger charge is 2.15. The molecule has 1 atom stereocenters. The van der Waals surface area contributed by atoms with Gasteiger partial charge >= 0.3 is 0 Å². The number of hydrogen-bond acceptors (Lipinski definition) is 4. The van der Waals surface area contributed by atoms with Crippen molar-refractivity contribution >= 4 is 29.7 Å². The molecule has 0 spiro atoms. The lowest BCUT2D eigenvalue weighted by Gasteiger charge is -2.11. The van der Waals surface area contributed by atoms with Gasteiger partial charge in [0.1, 0.15) is 5.02 Å². The van der Waals surface area contributed by atoms with Crippen LogP contribution in [0.4, 0.5) is 5.69 Å². The van der Waals surface area contributed by atoms with Gasteiger partial charge in [0.25, 0.3) is 5.69 Å². The lowest BCUT2D eigenvalue weighted by molar-refractivity contribution is -0.384. The molecule has 0 bridgehead atoms. The van der Waals surface area contributed by atoms with E-state index in [4.69, 9.17) is 22.4 Å². The van der Waals surface area contributed by atoms with Crippen molar-refractivity contribution in [3.05, 3.63) is 38.9 Å². The van der Waals surface area contributed by atoms with Gasteiger partial charge < -0.3 is 10.8 Å². The Labute approximate surface area is 110 Å². The highest BCUT2D eigenvalue weighted by atomic mass is 35.5. The molecule has 0 aliphatic rings. The van der Waals surface area contributed by atoms with Crippen LogP contribution < -0.4 is 5.73 Å². The average Bonchev–Trinajstić information content (AvgIpc) is 2.26. The minimum absolute atomic E-state index is 0.